The molecular weight excluding hydrogens is 226 g/mol. The van der Waals surface area contributed by atoms with Crippen LogP contribution in [-0.2, 0) is 11.3 Å². The molecule has 0 aliphatic rings. The van der Waals surface area contributed by atoms with Crippen LogP contribution >= 0.6 is 0 Å². The quantitative estimate of drug-likeness (QED) is 0.807. The van der Waals surface area contributed by atoms with Crippen molar-refractivity contribution in [3.05, 3.63) is 35.9 Å². The van der Waals surface area contributed by atoms with Gasteiger partial charge in [0.25, 0.3) is 0 Å². The third-order valence-corrected chi connectivity index (χ3v) is 2.59. The standard InChI is InChI=1S/C15H23NO2/c1-15(2,3)10-7-11-16-14(17)18-12-13-8-5-4-6-9-13/h4-6,8-9H,7,10-12H2,1-3H3,(H,16,17). The second kappa shape index (κ2) is 7.04. The Balaban J connectivity index is 2.11. The fourth-order valence-corrected chi connectivity index (χ4v) is 1.58. The zero-order valence-electron chi connectivity index (χ0n) is 11.5. The maximum absolute atomic E-state index is 11.4. The summed E-state index contributed by atoms with van der Waals surface area (Å²) < 4.78 is 5.11. The monoisotopic (exact) mass is 249 g/mol. The van der Waals surface area contributed by atoms with Crippen LogP contribution in [0.1, 0.15) is 39.2 Å². The Bertz CT molecular complexity index is 355. The maximum atomic E-state index is 11.4. The minimum absolute atomic E-state index is 0.315. The van der Waals surface area contributed by atoms with Gasteiger partial charge in [-0.25, -0.2) is 4.79 Å². The highest BCUT2D eigenvalue weighted by atomic mass is 16.5. The molecule has 0 aliphatic heterocycles. The summed E-state index contributed by atoms with van der Waals surface area (Å²) in [7, 11) is 0. The van der Waals surface area contributed by atoms with Gasteiger partial charge in [0.05, 0.1) is 0 Å². The van der Waals surface area contributed by atoms with Crippen LogP contribution in [0.15, 0.2) is 30.3 Å². The van der Waals surface area contributed by atoms with Gasteiger partial charge in [-0.2, -0.15) is 0 Å². The normalized spacial score (nSPS) is 11.1. The van der Waals surface area contributed by atoms with Gasteiger partial charge in [-0.1, -0.05) is 51.1 Å². The lowest BCUT2D eigenvalue weighted by Gasteiger charge is -2.17. The van der Waals surface area contributed by atoms with E-state index in [-0.39, 0.29) is 6.09 Å². The molecule has 0 radical (unpaired) electrons. The molecule has 3 nitrogen and oxygen atoms in total. The van der Waals surface area contributed by atoms with E-state index in [0.29, 0.717) is 18.6 Å². The van der Waals surface area contributed by atoms with E-state index in [2.05, 4.69) is 26.1 Å². The van der Waals surface area contributed by atoms with Gasteiger partial charge in [0.2, 0.25) is 0 Å². The molecule has 0 unspecified atom stereocenters. The van der Waals surface area contributed by atoms with E-state index >= 15 is 0 Å². The first kappa shape index (κ1) is 14.6. The molecule has 18 heavy (non-hydrogen) atoms. The number of carbonyl (C=O) groups excluding carboxylic acids is 1. The Labute approximate surface area is 110 Å². The predicted octanol–water partition coefficient (Wildman–Crippen LogP) is 3.74. The second-order valence-electron chi connectivity index (χ2n) is 5.65. The number of hydrogen-bond acceptors (Lipinski definition) is 2. The van der Waals surface area contributed by atoms with Gasteiger partial charge < -0.3 is 10.1 Å². The molecule has 1 aromatic rings. The van der Waals surface area contributed by atoms with Crippen molar-refractivity contribution in [2.75, 3.05) is 6.54 Å². The Morgan fingerprint density at radius 1 is 1.22 bits per heavy atom. The lowest BCUT2D eigenvalue weighted by molar-refractivity contribution is 0.139. The molecule has 0 heterocycles. The van der Waals surface area contributed by atoms with E-state index in [1.54, 1.807) is 0 Å². The lowest BCUT2D eigenvalue weighted by Crippen LogP contribution is -2.26. The molecule has 0 atom stereocenters. The van der Waals surface area contributed by atoms with Crippen molar-refractivity contribution >= 4 is 6.09 Å². The molecule has 100 valence electrons. The fraction of sp³-hybridized carbons (Fsp3) is 0.533. The van der Waals surface area contributed by atoms with Crippen molar-refractivity contribution < 1.29 is 9.53 Å². The summed E-state index contributed by atoms with van der Waals surface area (Å²) in [5.74, 6) is 0. The zero-order valence-corrected chi connectivity index (χ0v) is 11.5. The number of carbonyl (C=O) groups is 1. The topological polar surface area (TPSA) is 38.3 Å². The molecule has 3 heteroatoms. The summed E-state index contributed by atoms with van der Waals surface area (Å²) in [6.07, 6.45) is 1.73. The smallest absolute Gasteiger partial charge is 0.407 e. The van der Waals surface area contributed by atoms with Crippen molar-refractivity contribution in [1.29, 1.82) is 0 Å². The van der Waals surface area contributed by atoms with E-state index in [0.717, 1.165) is 18.4 Å². The fourth-order valence-electron chi connectivity index (χ4n) is 1.58. The van der Waals surface area contributed by atoms with Crippen molar-refractivity contribution in [2.45, 2.75) is 40.2 Å². The minimum Gasteiger partial charge on any atom is -0.445 e. The minimum atomic E-state index is -0.340. The molecule has 1 aromatic carbocycles. The van der Waals surface area contributed by atoms with Gasteiger partial charge in [0.1, 0.15) is 6.61 Å². The average Bonchev–Trinajstić information content (AvgIpc) is 2.32. The Hall–Kier alpha value is -1.51. The molecule has 0 aromatic heterocycles. The summed E-state index contributed by atoms with van der Waals surface area (Å²) in [6.45, 7) is 7.58. The predicted molar refractivity (Wildman–Crippen MR) is 73.3 cm³/mol. The first-order chi connectivity index (χ1) is 8.47. The molecule has 0 saturated heterocycles. The third kappa shape index (κ3) is 6.94. The van der Waals surface area contributed by atoms with Crippen LogP contribution in [0.5, 0.6) is 0 Å². The first-order valence-electron chi connectivity index (χ1n) is 6.42. The molecule has 1 amide bonds. The van der Waals surface area contributed by atoms with E-state index < -0.39 is 0 Å². The van der Waals surface area contributed by atoms with E-state index in [1.165, 1.54) is 0 Å². The van der Waals surface area contributed by atoms with E-state index in [4.69, 9.17) is 4.74 Å². The van der Waals surface area contributed by atoms with E-state index in [9.17, 15) is 4.79 Å². The Kier molecular flexibility index (Phi) is 5.69. The van der Waals surface area contributed by atoms with Crippen LogP contribution in [0.4, 0.5) is 4.79 Å². The number of nitrogens with one attached hydrogen (secondary N) is 1. The van der Waals surface area contributed by atoms with Gasteiger partial charge in [0.15, 0.2) is 0 Å². The second-order valence-corrected chi connectivity index (χ2v) is 5.65. The van der Waals surface area contributed by atoms with Crippen LogP contribution in [0.2, 0.25) is 0 Å². The molecule has 0 aliphatic carbocycles. The highest BCUT2D eigenvalue weighted by Crippen LogP contribution is 2.19. The molecule has 1 rings (SSSR count). The van der Waals surface area contributed by atoms with Gasteiger partial charge in [-0.3, -0.25) is 0 Å². The summed E-state index contributed by atoms with van der Waals surface area (Å²) in [6, 6.07) is 9.68. The number of alkyl carbamates (subject to hydrolysis) is 1. The SMILES string of the molecule is CC(C)(C)CCCNC(=O)OCc1ccccc1. The van der Waals surface area contributed by atoms with Gasteiger partial charge >= 0.3 is 6.09 Å². The van der Waals surface area contributed by atoms with Crippen LogP contribution in [0.3, 0.4) is 0 Å². The summed E-state index contributed by atoms with van der Waals surface area (Å²) in [5.41, 5.74) is 1.32. The molecule has 0 fully saturated rings. The highest BCUT2D eigenvalue weighted by molar-refractivity contribution is 5.67. The van der Waals surface area contributed by atoms with Crippen molar-refractivity contribution in [1.82, 2.24) is 5.32 Å². The number of rotatable bonds is 5. The summed E-state index contributed by atoms with van der Waals surface area (Å²) in [4.78, 5) is 11.4. The van der Waals surface area contributed by atoms with Gasteiger partial charge in [-0.15, -0.1) is 0 Å². The van der Waals surface area contributed by atoms with Crippen LogP contribution in [-0.4, -0.2) is 12.6 Å². The number of ether oxygens (including phenoxy) is 1. The summed E-state index contributed by atoms with van der Waals surface area (Å²) >= 11 is 0. The van der Waals surface area contributed by atoms with Crippen molar-refractivity contribution in [3.8, 4) is 0 Å². The van der Waals surface area contributed by atoms with Crippen molar-refractivity contribution in [3.63, 3.8) is 0 Å². The first-order valence-corrected chi connectivity index (χ1v) is 6.42. The molecule has 0 saturated carbocycles. The molecule has 1 N–H and O–H groups in total. The molecule has 0 bridgehead atoms. The molecule has 0 spiro atoms. The molecular formula is C15H23NO2. The Morgan fingerprint density at radius 2 is 1.89 bits per heavy atom. The lowest BCUT2D eigenvalue weighted by atomic mass is 9.91. The summed E-state index contributed by atoms with van der Waals surface area (Å²) in [5, 5.41) is 2.76. The van der Waals surface area contributed by atoms with Crippen LogP contribution in [0, 0.1) is 5.41 Å². The largest absolute Gasteiger partial charge is 0.445 e. The number of hydrogen-bond donors (Lipinski definition) is 1. The number of amides is 1. The average molecular weight is 249 g/mol. The zero-order chi connectivity index (χ0) is 13.4. The number of benzene rings is 1. The maximum Gasteiger partial charge on any atom is 0.407 e. The van der Waals surface area contributed by atoms with E-state index in [1.807, 2.05) is 30.3 Å². The third-order valence-electron chi connectivity index (χ3n) is 2.59. The highest BCUT2D eigenvalue weighted by Gasteiger charge is 2.09. The van der Waals surface area contributed by atoms with Gasteiger partial charge in [0, 0.05) is 6.54 Å². The van der Waals surface area contributed by atoms with Gasteiger partial charge in [-0.05, 0) is 23.8 Å². The van der Waals surface area contributed by atoms with Crippen LogP contribution < -0.4 is 5.32 Å². The van der Waals surface area contributed by atoms with Crippen molar-refractivity contribution in [2.24, 2.45) is 5.41 Å². The van der Waals surface area contributed by atoms with Crippen LogP contribution in [0.25, 0.3) is 0 Å². The Morgan fingerprint density at radius 3 is 2.50 bits per heavy atom.